The van der Waals surface area contributed by atoms with Crippen LogP contribution in [0.4, 0.5) is 17.2 Å². The van der Waals surface area contributed by atoms with Crippen LogP contribution in [0.3, 0.4) is 0 Å². The minimum absolute atomic E-state index is 0.383. The van der Waals surface area contributed by atoms with Crippen LogP contribution in [-0.2, 0) is 0 Å². The molecule has 0 fully saturated rings. The summed E-state index contributed by atoms with van der Waals surface area (Å²) in [4.78, 5) is 12.5. The highest BCUT2D eigenvalue weighted by molar-refractivity contribution is 5.93. The lowest BCUT2D eigenvalue weighted by molar-refractivity contribution is 0.328. The number of rotatable bonds is 4. The first kappa shape index (κ1) is 13.1. The van der Waals surface area contributed by atoms with Crippen molar-refractivity contribution in [2.45, 2.75) is 6.92 Å². The molecule has 0 bridgehead atoms. The molecule has 3 N–H and O–H groups in total. The Morgan fingerprint density at radius 3 is 2.90 bits per heavy atom. The zero-order chi connectivity index (χ0) is 14.7. The molecule has 0 radical (unpaired) electrons. The Morgan fingerprint density at radius 1 is 1.14 bits per heavy atom. The number of anilines is 3. The molecule has 0 spiro atoms. The van der Waals surface area contributed by atoms with Gasteiger partial charge in [-0.25, -0.2) is 4.98 Å². The highest BCUT2D eigenvalue weighted by Gasteiger charge is 2.10. The molecule has 0 saturated heterocycles. The van der Waals surface area contributed by atoms with E-state index < -0.39 is 0 Å². The van der Waals surface area contributed by atoms with E-state index in [9.17, 15) is 0 Å². The summed E-state index contributed by atoms with van der Waals surface area (Å²) in [6, 6.07) is 9.72. The zero-order valence-corrected chi connectivity index (χ0v) is 11.6. The quantitative estimate of drug-likeness (QED) is 0.764. The molecule has 2 aromatic heterocycles. The third-order valence-corrected chi connectivity index (χ3v) is 3.03. The van der Waals surface area contributed by atoms with Crippen LogP contribution in [0.1, 0.15) is 6.92 Å². The number of fused-ring (bicyclic) bond motifs is 1. The summed E-state index contributed by atoms with van der Waals surface area (Å²) < 4.78 is 5.37. The molecule has 0 unspecified atom stereocenters. The molecule has 0 amide bonds. The molecular formula is C15H15N5O. The molecule has 6 heteroatoms. The number of hydrogen-bond donors (Lipinski definition) is 2. The normalized spacial score (nSPS) is 10.5. The Bertz CT molecular complexity index is 770. The number of ether oxygens (including phenoxy) is 1. The summed E-state index contributed by atoms with van der Waals surface area (Å²) >= 11 is 0. The van der Waals surface area contributed by atoms with Crippen LogP contribution >= 0.6 is 0 Å². The minimum Gasteiger partial charge on any atom is -0.476 e. The molecule has 0 aliphatic rings. The van der Waals surface area contributed by atoms with E-state index in [4.69, 9.17) is 10.5 Å². The fraction of sp³-hybridized carbons (Fsp3) is 0.133. The van der Waals surface area contributed by atoms with Gasteiger partial charge in [0.2, 0.25) is 5.88 Å². The van der Waals surface area contributed by atoms with Gasteiger partial charge in [-0.2, -0.15) is 4.98 Å². The van der Waals surface area contributed by atoms with Crippen molar-refractivity contribution >= 4 is 28.1 Å². The lowest BCUT2D eigenvalue weighted by Gasteiger charge is -2.12. The predicted molar refractivity (Wildman–Crippen MR) is 82.6 cm³/mol. The van der Waals surface area contributed by atoms with Crippen molar-refractivity contribution in [1.82, 2.24) is 15.0 Å². The van der Waals surface area contributed by atoms with E-state index in [1.807, 2.05) is 37.3 Å². The molecule has 0 atom stereocenters. The maximum Gasteiger partial charge on any atom is 0.242 e. The molecule has 0 saturated carbocycles. The van der Waals surface area contributed by atoms with E-state index >= 15 is 0 Å². The van der Waals surface area contributed by atoms with Gasteiger partial charge in [0.05, 0.1) is 12.1 Å². The van der Waals surface area contributed by atoms with Gasteiger partial charge in [-0.3, -0.25) is 4.98 Å². The third kappa shape index (κ3) is 2.55. The number of nitrogen functional groups attached to an aromatic ring is 1. The van der Waals surface area contributed by atoms with Crippen LogP contribution < -0.4 is 15.8 Å². The van der Waals surface area contributed by atoms with Crippen molar-refractivity contribution in [3.63, 3.8) is 0 Å². The Balaban J connectivity index is 2.01. The van der Waals surface area contributed by atoms with E-state index in [-0.39, 0.29) is 0 Å². The Kier molecular flexibility index (Phi) is 3.51. The minimum atomic E-state index is 0.383. The Morgan fingerprint density at radius 2 is 2.05 bits per heavy atom. The second-order valence-electron chi connectivity index (χ2n) is 4.37. The summed E-state index contributed by atoms with van der Waals surface area (Å²) in [5, 5.41) is 4.21. The molecule has 1 aromatic carbocycles. The molecule has 0 aliphatic carbocycles. The van der Waals surface area contributed by atoms with Crippen LogP contribution in [0.25, 0.3) is 10.9 Å². The second kappa shape index (κ2) is 5.62. The fourth-order valence-corrected chi connectivity index (χ4v) is 2.07. The first-order valence-corrected chi connectivity index (χ1v) is 6.63. The molecule has 3 aromatic rings. The van der Waals surface area contributed by atoms with Gasteiger partial charge in [0.15, 0.2) is 5.82 Å². The largest absolute Gasteiger partial charge is 0.476 e. The van der Waals surface area contributed by atoms with Crippen LogP contribution in [0.15, 0.2) is 42.9 Å². The predicted octanol–water partition coefficient (Wildman–Crippen LogP) is 2.75. The van der Waals surface area contributed by atoms with Gasteiger partial charge in [-0.1, -0.05) is 6.07 Å². The molecule has 106 valence electrons. The van der Waals surface area contributed by atoms with Gasteiger partial charge >= 0.3 is 0 Å². The van der Waals surface area contributed by atoms with Gasteiger partial charge in [0.25, 0.3) is 0 Å². The number of hydrogen-bond acceptors (Lipinski definition) is 6. The zero-order valence-electron chi connectivity index (χ0n) is 11.6. The van der Waals surface area contributed by atoms with E-state index in [0.717, 1.165) is 16.6 Å². The van der Waals surface area contributed by atoms with E-state index in [1.165, 1.54) is 6.33 Å². The number of benzene rings is 1. The van der Waals surface area contributed by atoms with E-state index in [2.05, 4.69) is 20.3 Å². The van der Waals surface area contributed by atoms with Gasteiger partial charge in [-0.15, -0.1) is 0 Å². The van der Waals surface area contributed by atoms with Crippen LogP contribution in [0.5, 0.6) is 5.88 Å². The van der Waals surface area contributed by atoms with Crippen molar-refractivity contribution in [3.8, 4) is 5.88 Å². The second-order valence-corrected chi connectivity index (χ2v) is 4.37. The van der Waals surface area contributed by atoms with Gasteiger partial charge in [0.1, 0.15) is 12.0 Å². The SMILES string of the molecule is CCOc1ncnc(Nc2cccc3ncccc23)c1N. The van der Waals surface area contributed by atoms with Gasteiger partial charge in [0, 0.05) is 17.3 Å². The van der Waals surface area contributed by atoms with Crippen molar-refractivity contribution in [1.29, 1.82) is 0 Å². The summed E-state index contributed by atoms with van der Waals surface area (Å²) in [6.45, 7) is 2.38. The first-order chi connectivity index (χ1) is 10.3. The smallest absolute Gasteiger partial charge is 0.242 e. The number of nitrogens with two attached hydrogens (primary N) is 1. The number of aromatic nitrogens is 3. The number of pyridine rings is 1. The number of nitrogens with zero attached hydrogens (tertiary/aromatic N) is 3. The summed E-state index contributed by atoms with van der Waals surface area (Å²) in [5.41, 5.74) is 8.21. The number of nitrogens with one attached hydrogen (secondary N) is 1. The molecule has 3 rings (SSSR count). The lowest BCUT2D eigenvalue weighted by atomic mass is 10.2. The maximum absolute atomic E-state index is 6.03. The summed E-state index contributed by atoms with van der Waals surface area (Å²) in [7, 11) is 0. The van der Waals surface area contributed by atoms with Crippen molar-refractivity contribution in [3.05, 3.63) is 42.9 Å². The van der Waals surface area contributed by atoms with E-state index in [1.54, 1.807) is 6.20 Å². The highest BCUT2D eigenvalue weighted by Crippen LogP contribution is 2.30. The van der Waals surface area contributed by atoms with Gasteiger partial charge < -0.3 is 15.8 Å². The fourth-order valence-electron chi connectivity index (χ4n) is 2.07. The molecule has 0 aliphatic heterocycles. The first-order valence-electron chi connectivity index (χ1n) is 6.63. The molecule has 2 heterocycles. The molecule has 21 heavy (non-hydrogen) atoms. The molecule has 6 nitrogen and oxygen atoms in total. The van der Waals surface area contributed by atoms with Crippen LogP contribution in [0.2, 0.25) is 0 Å². The third-order valence-electron chi connectivity index (χ3n) is 3.03. The van der Waals surface area contributed by atoms with E-state index in [0.29, 0.717) is 24.0 Å². The monoisotopic (exact) mass is 281 g/mol. The van der Waals surface area contributed by atoms with Gasteiger partial charge in [-0.05, 0) is 31.2 Å². The Hall–Kier alpha value is -2.89. The average molecular weight is 281 g/mol. The van der Waals surface area contributed by atoms with Crippen molar-refractivity contribution < 1.29 is 4.74 Å². The topological polar surface area (TPSA) is 86.0 Å². The molecular weight excluding hydrogens is 266 g/mol. The van der Waals surface area contributed by atoms with Crippen molar-refractivity contribution in [2.75, 3.05) is 17.7 Å². The van der Waals surface area contributed by atoms with Crippen LogP contribution in [-0.4, -0.2) is 21.6 Å². The average Bonchev–Trinajstić information content (AvgIpc) is 2.52. The standard InChI is InChI=1S/C15H15N5O/c1-2-21-15-13(16)14(18-9-19-15)20-12-7-3-6-11-10(12)5-4-8-17-11/h3-9H,2,16H2,1H3,(H,18,19,20). The van der Waals surface area contributed by atoms with Crippen molar-refractivity contribution in [2.24, 2.45) is 0 Å². The Labute approximate surface area is 122 Å². The summed E-state index contributed by atoms with van der Waals surface area (Å²) in [6.07, 6.45) is 3.19. The summed E-state index contributed by atoms with van der Waals surface area (Å²) in [5.74, 6) is 0.901. The highest BCUT2D eigenvalue weighted by atomic mass is 16.5. The van der Waals surface area contributed by atoms with Crippen LogP contribution in [0, 0.1) is 0 Å². The maximum atomic E-state index is 6.03. The lowest BCUT2D eigenvalue weighted by Crippen LogP contribution is -2.05.